The molecule has 1 N–H and O–H groups in total. The van der Waals surface area contributed by atoms with E-state index in [2.05, 4.69) is 15.3 Å². The minimum Gasteiger partial charge on any atom is -0.481 e. The SMILES string of the molecule is COc1ccc(C(=O)Nc2ncccc2C)cn1. The number of hydrogen-bond acceptors (Lipinski definition) is 4. The van der Waals surface area contributed by atoms with Crippen molar-refractivity contribution in [3.8, 4) is 5.88 Å². The van der Waals surface area contributed by atoms with Crippen LogP contribution in [0.5, 0.6) is 5.88 Å². The predicted molar refractivity (Wildman–Crippen MR) is 67.7 cm³/mol. The highest BCUT2D eigenvalue weighted by Gasteiger charge is 2.08. The molecule has 0 atom stereocenters. The number of aryl methyl sites for hydroxylation is 1. The highest BCUT2D eigenvalue weighted by atomic mass is 16.5. The molecule has 0 spiro atoms. The number of carbonyl (C=O) groups is 1. The van der Waals surface area contributed by atoms with E-state index in [1.807, 2.05) is 19.1 Å². The summed E-state index contributed by atoms with van der Waals surface area (Å²) in [6.07, 6.45) is 3.10. The van der Waals surface area contributed by atoms with Gasteiger partial charge in [0.15, 0.2) is 0 Å². The van der Waals surface area contributed by atoms with Gasteiger partial charge in [-0.05, 0) is 24.6 Å². The van der Waals surface area contributed by atoms with Crippen LogP contribution in [0, 0.1) is 6.92 Å². The van der Waals surface area contributed by atoms with Crippen molar-refractivity contribution >= 4 is 11.7 Å². The van der Waals surface area contributed by atoms with E-state index >= 15 is 0 Å². The smallest absolute Gasteiger partial charge is 0.258 e. The summed E-state index contributed by atoms with van der Waals surface area (Å²) in [5, 5.41) is 2.73. The minimum atomic E-state index is -0.244. The van der Waals surface area contributed by atoms with E-state index in [1.54, 1.807) is 18.3 Å². The average molecular weight is 243 g/mol. The van der Waals surface area contributed by atoms with Gasteiger partial charge in [-0.3, -0.25) is 4.79 Å². The lowest BCUT2D eigenvalue weighted by Crippen LogP contribution is -2.14. The highest BCUT2D eigenvalue weighted by molar-refractivity contribution is 6.03. The van der Waals surface area contributed by atoms with E-state index in [0.717, 1.165) is 5.56 Å². The molecule has 0 aromatic carbocycles. The zero-order valence-electron chi connectivity index (χ0n) is 10.2. The van der Waals surface area contributed by atoms with E-state index in [0.29, 0.717) is 17.3 Å². The minimum absolute atomic E-state index is 0.244. The van der Waals surface area contributed by atoms with Crippen LogP contribution in [0.2, 0.25) is 0 Å². The van der Waals surface area contributed by atoms with Crippen molar-refractivity contribution in [3.05, 3.63) is 47.8 Å². The molecule has 0 unspecified atom stereocenters. The fraction of sp³-hybridized carbons (Fsp3) is 0.154. The summed E-state index contributed by atoms with van der Waals surface area (Å²) in [5.41, 5.74) is 1.37. The lowest BCUT2D eigenvalue weighted by atomic mass is 10.2. The first-order valence-corrected chi connectivity index (χ1v) is 5.43. The van der Waals surface area contributed by atoms with Gasteiger partial charge in [0.1, 0.15) is 5.82 Å². The first-order chi connectivity index (χ1) is 8.70. The van der Waals surface area contributed by atoms with Gasteiger partial charge in [-0.15, -0.1) is 0 Å². The van der Waals surface area contributed by atoms with Crippen LogP contribution in [0.25, 0.3) is 0 Å². The third-order valence-corrected chi connectivity index (χ3v) is 2.45. The van der Waals surface area contributed by atoms with Gasteiger partial charge in [0.05, 0.1) is 12.7 Å². The number of nitrogens with zero attached hydrogens (tertiary/aromatic N) is 2. The van der Waals surface area contributed by atoms with Crippen molar-refractivity contribution in [3.63, 3.8) is 0 Å². The molecule has 0 aliphatic rings. The van der Waals surface area contributed by atoms with Gasteiger partial charge in [-0.1, -0.05) is 6.07 Å². The number of aromatic nitrogens is 2. The van der Waals surface area contributed by atoms with Crippen LogP contribution in [-0.4, -0.2) is 23.0 Å². The second-order valence-corrected chi connectivity index (χ2v) is 3.71. The van der Waals surface area contributed by atoms with Crippen LogP contribution in [0.1, 0.15) is 15.9 Å². The van der Waals surface area contributed by atoms with Crippen molar-refractivity contribution in [2.45, 2.75) is 6.92 Å². The quantitative estimate of drug-likeness (QED) is 0.896. The van der Waals surface area contributed by atoms with E-state index in [1.165, 1.54) is 13.3 Å². The molecule has 0 bridgehead atoms. The molecule has 0 saturated carbocycles. The zero-order valence-corrected chi connectivity index (χ0v) is 10.2. The molecule has 18 heavy (non-hydrogen) atoms. The van der Waals surface area contributed by atoms with Gasteiger partial charge in [-0.25, -0.2) is 9.97 Å². The Balaban J connectivity index is 2.14. The van der Waals surface area contributed by atoms with Crippen molar-refractivity contribution in [1.82, 2.24) is 9.97 Å². The van der Waals surface area contributed by atoms with Crippen LogP contribution >= 0.6 is 0 Å². The fourth-order valence-electron chi connectivity index (χ4n) is 1.43. The topological polar surface area (TPSA) is 64.1 Å². The number of carbonyl (C=O) groups excluding carboxylic acids is 1. The summed E-state index contributed by atoms with van der Waals surface area (Å²) in [4.78, 5) is 20.0. The molecule has 0 saturated heterocycles. The maximum absolute atomic E-state index is 11.9. The van der Waals surface area contributed by atoms with Crippen LogP contribution in [-0.2, 0) is 0 Å². The monoisotopic (exact) mass is 243 g/mol. The molecular weight excluding hydrogens is 230 g/mol. The van der Waals surface area contributed by atoms with Crippen LogP contribution < -0.4 is 10.1 Å². The van der Waals surface area contributed by atoms with E-state index in [9.17, 15) is 4.79 Å². The molecule has 5 nitrogen and oxygen atoms in total. The maximum atomic E-state index is 11.9. The second-order valence-electron chi connectivity index (χ2n) is 3.71. The molecule has 2 rings (SSSR count). The van der Waals surface area contributed by atoms with Gasteiger partial charge in [-0.2, -0.15) is 0 Å². The third-order valence-electron chi connectivity index (χ3n) is 2.45. The Kier molecular flexibility index (Phi) is 3.52. The Morgan fingerprint density at radius 3 is 2.72 bits per heavy atom. The van der Waals surface area contributed by atoms with Crippen LogP contribution in [0.3, 0.4) is 0 Å². The number of methoxy groups -OCH3 is 1. The van der Waals surface area contributed by atoms with E-state index in [4.69, 9.17) is 4.74 Å². The molecule has 0 radical (unpaired) electrons. The molecule has 5 heteroatoms. The Bertz CT molecular complexity index is 552. The van der Waals surface area contributed by atoms with Crippen LogP contribution in [0.4, 0.5) is 5.82 Å². The molecular formula is C13H13N3O2. The van der Waals surface area contributed by atoms with Crippen molar-refractivity contribution in [2.24, 2.45) is 0 Å². The van der Waals surface area contributed by atoms with Gasteiger partial charge < -0.3 is 10.1 Å². The van der Waals surface area contributed by atoms with Crippen molar-refractivity contribution in [1.29, 1.82) is 0 Å². The number of rotatable bonds is 3. The standard InChI is InChI=1S/C13H13N3O2/c1-9-4-3-7-14-12(9)16-13(17)10-5-6-11(18-2)15-8-10/h3-8H,1-2H3,(H,14,16,17). The van der Waals surface area contributed by atoms with Gasteiger partial charge in [0, 0.05) is 18.5 Å². The van der Waals surface area contributed by atoms with Crippen molar-refractivity contribution in [2.75, 3.05) is 12.4 Å². The number of amides is 1. The largest absolute Gasteiger partial charge is 0.481 e. The molecule has 2 heterocycles. The average Bonchev–Trinajstić information content (AvgIpc) is 2.41. The van der Waals surface area contributed by atoms with Gasteiger partial charge >= 0.3 is 0 Å². The normalized spacial score (nSPS) is 9.89. The molecule has 0 aliphatic heterocycles. The lowest BCUT2D eigenvalue weighted by molar-refractivity contribution is 0.102. The first-order valence-electron chi connectivity index (χ1n) is 5.43. The number of hydrogen-bond donors (Lipinski definition) is 1. The summed E-state index contributed by atoms with van der Waals surface area (Å²) >= 11 is 0. The molecule has 0 fully saturated rings. The molecule has 2 aromatic heterocycles. The highest BCUT2D eigenvalue weighted by Crippen LogP contribution is 2.12. The summed E-state index contributed by atoms with van der Waals surface area (Å²) in [7, 11) is 1.53. The zero-order chi connectivity index (χ0) is 13.0. The summed E-state index contributed by atoms with van der Waals surface area (Å²) in [5.74, 6) is 0.783. The number of pyridine rings is 2. The second kappa shape index (κ2) is 5.27. The molecule has 2 aromatic rings. The first kappa shape index (κ1) is 12.0. The molecule has 1 amide bonds. The maximum Gasteiger partial charge on any atom is 0.258 e. The summed E-state index contributed by atoms with van der Waals surface area (Å²) in [6, 6.07) is 6.99. The summed E-state index contributed by atoms with van der Waals surface area (Å²) in [6.45, 7) is 1.88. The Morgan fingerprint density at radius 2 is 2.11 bits per heavy atom. The Labute approximate surface area is 105 Å². The fourth-order valence-corrected chi connectivity index (χ4v) is 1.43. The predicted octanol–water partition coefficient (Wildman–Crippen LogP) is 2.05. The van der Waals surface area contributed by atoms with Gasteiger partial charge in [0.2, 0.25) is 5.88 Å². The van der Waals surface area contributed by atoms with E-state index < -0.39 is 0 Å². The molecule has 92 valence electrons. The number of ether oxygens (including phenoxy) is 1. The molecule has 0 aliphatic carbocycles. The van der Waals surface area contributed by atoms with Crippen LogP contribution in [0.15, 0.2) is 36.7 Å². The number of anilines is 1. The summed E-state index contributed by atoms with van der Waals surface area (Å²) < 4.78 is 4.93. The van der Waals surface area contributed by atoms with Gasteiger partial charge in [0.25, 0.3) is 5.91 Å². The Hall–Kier alpha value is -2.43. The van der Waals surface area contributed by atoms with Crippen molar-refractivity contribution < 1.29 is 9.53 Å². The number of nitrogens with one attached hydrogen (secondary N) is 1. The third kappa shape index (κ3) is 2.63. The van der Waals surface area contributed by atoms with E-state index in [-0.39, 0.29) is 5.91 Å². The lowest BCUT2D eigenvalue weighted by Gasteiger charge is -2.06. The Morgan fingerprint density at radius 1 is 1.28 bits per heavy atom.